The Morgan fingerprint density at radius 1 is 0.977 bits per heavy atom. The van der Waals surface area contributed by atoms with E-state index < -0.39 is 28.5 Å². The zero-order valence-electron chi connectivity index (χ0n) is 24.7. The van der Waals surface area contributed by atoms with Gasteiger partial charge in [-0.25, -0.2) is 8.42 Å². The number of halogens is 2. The van der Waals surface area contributed by atoms with Crippen LogP contribution < -0.4 is 14.4 Å². The number of thioether (sulfide) groups is 1. The molecule has 3 rings (SSSR count). The van der Waals surface area contributed by atoms with E-state index in [4.69, 9.17) is 27.9 Å². The molecule has 2 amide bonds. The molecule has 1 N–H and O–H groups in total. The van der Waals surface area contributed by atoms with Crippen LogP contribution in [0, 0.1) is 0 Å². The molecule has 1 atom stereocenters. The maximum Gasteiger partial charge on any atom is 0.264 e. The molecule has 8 nitrogen and oxygen atoms in total. The van der Waals surface area contributed by atoms with Crippen LogP contribution in [0.4, 0.5) is 5.69 Å². The van der Waals surface area contributed by atoms with Gasteiger partial charge in [0.15, 0.2) is 0 Å². The van der Waals surface area contributed by atoms with Gasteiger partial charge in [-0.3, -0.25) is 13.9 Å². The van der Waals surface area contributed by atoms with Crippen molar-refractivity contribution in [1.29, 1.82) is 0 Å². The number of benzene rings is 3. The molecule has 3 aromatic rings. The Labute approximate surface area is 268 Å². The van der Waals surface area contributed by atoms with Crippen molar-refractivity contribution in [1.82, 2.24) is 10.2 Å². The molecule has 0 aliphatic heterocycles. The molecule has 0 saturated heterocycles. The fraction of sp³-hybridized carbons (Fsp3) is 0.355. The van der Waals surface area contributed by atoms with E-state index in [1.165, 1.54) is 28.8 Å². The van der Waals surface area contributed by atoms with E-state index in [0.29, 0.717) is 34.5 Å². The number of nitrogens with zero attached hydrogens (tertiary/aromatic N) is 2. The fourth-order valence-corrected chi connectivity index (χ4v) is 6.59. The van der Waals surface area contributed by atoms with Crippen molar-refractivity contribution in [2.45, 2.75) is 56.0 Å². The summed E-state index contributed by atoms with van der Waals surface area (Å²) < 4.78 is 34.7. The van der Waals surface area contributed by atoms with Crippen molar-refractivity contribution in [3.63, 3.8) is 0 Å². The number of rotatable bonds is 15. The third-order valence-corrected chi connectivity index (χ3v) is 9.99. The maximum absolute atomic E-state index is 14.1. The van der Waals surface area contributed by atoms with E-state index in [-0.39, 0.29) is 23.0 Å². The minimum Gasteiger partial charge on any atom is -0.494 e. The molecule has 0 saturated carbocycles. The van der Waals surface area contributed by atoms with Crippen molar-refractivity contribution in [3.8, 4) is 5.75 Å². The van der Waals surface area contributed by atoms with E-state index in [2.05, 4.69) is 5.32 Å². The highest BCUT2D eigenvalue weighted by atomic mass is 35.5. The van der Waals surface area contributed by atoms with Gasteiger partial charge in [0.05, 0.1) is 17.2 Å². The maximum atomic E-state index is 14.1. The van der Waals surface area contributed by atoms with Gasteiger partial charge in [0.2, 0.25) is 11.8 Å². The Hall–Kier alpha value is -2.92. The van der Waals surface area contributed by atoms with Gasteiger partial charge in [-0.15, -0.1) is 11.8 Å². The smallest absolute Gasteiger partial charge is 0.264 e. The Bertz CT molecular complexity index is 1470. The summed E-state index contributed by atoms with van der Waals surface area (Å²) in [5.74, 6) is -0.410. The second kappa shape index (κ2) is 16.2. The third kappa shape index (κ3) is 9.04. The minimum absolute atomic E-state index is 0.0260. The molecule has 0 heterocycles. The molecular weight excluding hydrogens is 629 g/mol. The van der Waals surface area contributed by atoms with Crippen LogP contribution in [0.15, 0.2) is 76.5 Å². The predicted octanol–water partition coefficient (Wildman–Crippen LogP) is 6.64. The summed E-state index contributed by atoms with van der Waals surface area (Å²) in [5, 5.41) is 3.51. The number of hydrogen-bond donors (Lipinski definition) is 1. The number of anilines is 1. The highest BCUT2D eigenvalue weighted by Gasteiger charge is 2.33. The quantitative estimate of drug-likeness (QED) is 0.144. The largest absolute Gasteiger partial charge is 0.494 e. The van der Waals surface area contributed by atoms with Crippen molar-refractivity contribution in [2.75, 3.05) is 30.3 Å². The van der Waals surface area contributed by atoms with Gasteiger partial charge >= 0.3 is 0 Å². The standard InChI is InChI=1S/C31H37Cl2N3O5S2/c1-5-7-19-34-31(38)22(3)35(20-27-28(32)9-8-10-29(27)33)30(37)21-36(23-11-13-24(14-12-23)41-6-2)43(39,40)26-17-15-25(42-4)16-18-26/h8-18,22H,5-7,19-21H2,1-4H3,(H,34,38)/t22-/m1/s1. The van der Waals surface area contributed by atoms with Gasteiger partial charge in [0.25, 0.3) is 10.0 Å². The lowest BCUT2D eigenvalue weighted by Gasteiger charge is -2.32. The van der Waals surface area contributed by atoms with Crippen LogP contribution in [0.3, 0.4) is 0 Å². The Kier molecular flexibility index (Phi) is 13.1. The Morgan fingerprint density at radius 2 is 1.60 bits per heavy atom. The number of amides is 2. The van der Waals surface area contributed by atoms with Crippen LogP contribution in [0.25, 0.3) is 0 Å². The molecule has 3 aromatic carbocycles. The first-order valence-electron chi connectivity index (χ1n) is 13.9. The molecule has 43 heavy (non-hydrogen) atoms. The van der Waals surface area contributed by atoms with Crippen LogP contribution in [0.1, 0.15) is 39.2 Å². The molecule has 0 aromatic heterocycles. The van der Waals surface area contributed by atoms with Crippen LogP contribution in [0.5, 0.6) is 5.75 Å². The first-order chi connectivity index (χ1) is 20.5. The van der Waals surface area contributed by atoms with E-state index in [1.54, 1.807) is 61.5 Å². The summed E-state index contributed by atoms with van der Waals surface area (Å²) in [7, 11) is -4.20. The van der Waals surface area contributed by atoms with Crippen molar-refractivity contribution in [3.05, 3.63) is 82.3 Å². The first-order valence-corrected chi connectivity index (χ1v) is 17.3. The summed E-state index contributed by atoms with van der Waals surface area (Å²) in [6.45, 7) is 5.68. The number of carbonyl (C=O) groups is 2. The predicted molar refractivity (Wildman–Crippen MR) is 175 cm³/mol. The molecule has 232 valence electrons. The van der Waals surface area contributed by atoms with E-state index in [0.717, 1.165) is 22.0 Å². The first kappa shape index (κ1) is 34.6. The minimum atomic E-state index is -4.20. The van der Waals surface area contributed by atoms with Crippen molar-refractivity contribution >= 4 is 62.5 Å². The van der Waals surface area contributed by atoms with Crippen LogP contribution in [-0.4, -0.2) is 57.1 Å². The van der Waals surface area contributed by atoms with Gasteiger partial charge in [-0.05, 0) is 87.2 Å². The van der Waals surface area contributed by atoms with Gasteiger partial charge < -0.3 is 15.0 Å². The highest BCUT2D eigenvalue weighted by Crippen LogP contribution is 2.29. The molecular formula is C31H37Cl2N3O5S2. The molecule has 0 aliphatic carbocycles. The van der Waals surface area contributed by atoms with Gasteiger partial charge in [-0.1, -0.05) is 42.6 Å². The summed E-state index contributed by atoms with van der Waals surface area (Å²) in [5.41, 5.74) is 0.719. The van der Waals surface area contributed by atoms with Gasteiger partial charge in [-0.2, -0.15) is 0 Å². The average Bonchev–Trinajstić information content (AvgIpc) is 3.00. The van der Waals surface area contributed by atoms with Crippen LogP contribution in [0.2, 0.25) is 10.0 Å². The number of sulfonamides is 1. The zero-order chi connectivity index (χ0) is 31.6. The summed E-state index contributed by atoms with van der Waals surface area (Å²) in [4.78, 5) is 29.5. The molecule has 12 heteroatoms. The summed E-state index contributed by atoms with van der Waals surface area (Å²) >= 11 is 14.4. The molecule has 0 unspecified atom stereocenters. The SMILES string of the molecule is CCCCNC(=O)[C@@H](C)N(Cc1c(Cl)cccc1Cl)C(=O)CN(c1ccc(OCC)cc1)S(=O)(=O)c1ccc(SC)cc1. The molecule has 0 radical (unpaired) electrons. The lowest BCUT2D eigenvalue weighted by Crippen LogP contribution is -2.51. The van der Waals surface area contributed by atoms with E-state index in [1.807, 2.05) is 20.1 Å². The molecule has 0 fully saturated rings. The Balaban J connectivity index is 2.05. The third-order valence-electron chi connectivity index (χ3n) is 6.75. The van der Waals surface area contributed by atoms with Gasteiger partial charge in [0, 0.05) is 33.6 Å². The molecule has 0 bridgehead atoms. The molecule has 0 spiro atoms. The van der Waals surface area contributed by atoms with Crippen LogP contribution >= 0.6 is 35.0 Å². The highest BCUT2D eigenvalue weighted by molar-refractivity contribution is 7.98. The van der Waals surface area contributed by atoms with Gasteiger partial charge in [0.1, 0.15) is 18.3 Å². The van der Waals surface area contributed by atoms with Crippen molar-refractivity contribution < 1.29 is 22.7 Å². The Morgan fingerprint density at radius 3 is 2.16 bits per heavy atom. The number of hydrogen-bond acceptors (Lipinski definition) is 6. The average molecular weight is 667 g/mol. The topological polar surface area (TPSA) is 96.0 Å². The van der Waals surface area contributed by atoms with Crippen molar-refractivity contribution in [2.24, 2.45) is 0 Å². The fourth-order valence-electron chi connectivity index (χ4n) is 4.25. The zero-order valence-corrected chi connectivity index (χ0v) is 27.8. The number of ether oxygens (including phenoxy) is 1. The number of carbonyl (C=O) groups excluding carboxylic acids is 2. The van der Waals surface area contributed by atoms with Crippen LogP contribution in [-0.2, 0) is 26.2 Å². The second-order valence-electron chi connectivity index (χ2n) is 9.66. The monoisotopic (exact) mass is 665 g/mol. The normalized spacial score (nSPS) is 12.0. The second-order valence-corrected chi connectivity index (χ2v) is 13.2. The summed E-state index contributed by atoms with van der Waals surface area (Å²) in [6, 6.07) is 16.9. The molecule has 0 aliphatic rings. The lowest BCUT2D eigenvalue weighted by molar-refractivity contribution is -0.139. The summed E-state index contributed by atoms with van der Waals surface area (Å²) in [6.07, 6.45) is 3.56. The van der Waals surface area contributed by atoms with E-state index >= 15 is 0 Å². The lowest BCUT2D eigenvalue weighted by atomic mass is 10.1. The number of nitrogens with one attached hydrogen (secondary N) is 1. The number of unbranched alkanes of at least 4 members (excludes halogenated alkanes) is 1. The van der Waals surface area contributed by atoms with E-state index in [9.17, 15) is 18.0 Å².